The molecule has 0 amide bonds. The molecule has 0 aliphatic heterocycles. The van der Waals surface area contributed by atoms with Crippen molar-refractivity contribution in [3.63, 3.8) is 0 Å². The van der Waals surface area contributed by atoms with E-state index >= 15 is 0 Å². The number of sulfonamides is 2. The quantitative estimate of drug-likeness (QED) is 0.120. The van der Waals surface area contributed by atoms with Gasteiger partial charge in [0.05, 0.1) is 32.5 Å². The molecule has 0 aliphatic rings. The van der Waals surface area contributed by atoms with Crippen molar-refractivity contribution in [3.05, 3.63) is 106 Å². The third-order valence-corrected chi connectivity index (χ3v) is 12.3. The average molecular weight is 732 g/mol. The van der Waals surface area contributed by atoms with Crippen LogP contribution in [0, 0.1) is 0 Å². The maximum Gasteiger partial charge on any atom is 0.262 e. The molecule has 0 saturated heterocycles. The molecule has 0 saturated carbocycles. The van der Waals surface area contributed by atoms with Crippen molar-refractivity contribution in [2.24, 2.45) is 0 Å². The minimum Gasteiger partial charge on any atom is -0.352 e. The van der Waals surface area contributed by atoms with Gasteiger partial charge in [0, 0.05) is 0 Å². The molecule has 0 bridgehead atoms. The first-order valence-corrected chi connectivity index (χ1v) is 21.1. The Balaban J connectivity index is 1.77. The molecule has 0 unspecified atom stereocenters. The predicted octanol–water partition coefficient (Wildman–Crippen LogP) is 11.8. The summed E-state index contributed by atoms with van der Waals surface area (Å²) in [5.74, 6) is 0.427. The van der Waals surface area contributed by atoms with Crippen LogP contribution in [-0.2, 0) is 20.0 Å². The van der Waals surface area contributed by atoms with E-state index in [1.807, 2.05) is 91.8 Å². The highest BCUT2D eigenvalue weighted by molar-refractivity contribution is 7.93. The molecule has 4 aromatic rings. The number of benzene rings is 4. The number of hydrogen-bond donors (Lipinski definition) is 3. The summed E-state index contributed by atoms with van der Waals surface area (Å²) in [6.45, 7) is 24.6. The molecular formula is C42H57N3O4S2. The summed E-state index contributed by atoms with van der Waals surface area (Å²) in [5.41, 5.74) is 7.01. The summed E-state index contributed by atoms with van der Waals surface area (Å²) in [6.07, 6.45) is 0. The highest BCUT2D eigenvalue weighted by Crippen LogP contribution is 2.40. The summed E-state index contributed by atoms with van der Waals surface area (Å²) in [7, 11) is -8.07. The first-order valence-electron chi connectivity index (χ1n) is 18.1. The van der Waals surface area contributed by atoms with E-state index in [4.69, 9.17) is 0 Å². The monoisotopic (exact) mass is 731 g/mol. The van der Waals surface area contributed by atoms with Crippen LogP contribution in [0.5, 0.6) is 0 Å². The number of para-hydroxylation sites is 4. The zero-order valence-electron chi connectivity index (χ0n) is 32.3. The zero-order chi connectivity index (χ0) is 38.0. The van der Waals surface area contributed by atoms with Crippen LogP contribution in [0.2, 0.25) is 0 Å². The van der Waals surface area contributed by atoms with Gasteiger partial charge in [-0.2, -0.15) is 0 Å². The van der Waals surface area contributed by atoms with Gasteiger partial charge in [0.2, 0.25) is 0 Å². The predicted molar refractivity (Wildman–Crippen MR) is 215 cm³/mol. The Morgan fingerprint density at radius 2 is 0.647 bits per heavy atom. The van der Waals surface area contributed by atoms with E-state index in [0.717, 1.165) is 33.4 Å². The van der Waals surface area contributed by atoms with Gasteiger partial charge >= 0.3 is 0 Å². The molecule has 7 nitrogen and oxygen atoms in total. The van der Waals surface area contributed by atoms with Crippen LogP contribution in [0.3, 0.4) is 0 Å². The molecule has 0 aliphatic carbocycles. The summed E-state index contributed by atoms with van der Waals surface area (Å²) < 4.78 is 63.2. The van der Waals surface area contributed by atoms with Gasteiger partial charge in [-0.15, -0.1) is 0 Å². The van der Waals surface area contributed by atoms with Crippen molar-refractivity contribution in [3.8, 4) is 0 Å². The van der Waals surface area contributed by atoms with E-state index < -0.39 is 20.0 Å². The third-order valence-electron chi connectivity index (χ3n) is 9.31. The molecule has 51 heavy (non-hydrogen) atoms. The highest BCUT2D eigenvalue weighted by Gasteiger charge is 2.29. The molecule has 4 rings (SSSR count). The molecule has 3 N–H and O–H groups in total. The standard InChI is InChI=1S/C42H57N3O4S2/c1-25(2)31-21-33(27(5)6)41(34(22-31)28(7)8)50(46,47)44-39-19-15-13-17-37(39)43-38-18-14-16-20-40(38)45-51(48,49)42-35(29(9)10)23-32(26(3)4)24-36(42)30(11)12/h13-30,43-45H,1-12H3. The molecule has 0 atom stereocenters. The maximum atomic E-state index is 14.4. The zero-order valence-corrected chi connectivity index (χ0v) is 34.0. The smallest absolute Gasteiger partial charge is 0.262 e. The van der Waals surface area contributed by atoms with E-state index in [-0.39, 0.29) is 35.5 Å². The average Bonchev–Trinajstić information content (AvgIpc) is 3.04. The summed E-state index contributed by atoms with van der Waals surface area (Å²) in [5, 5.41) is 3.33. The van der Waals surface area contributed by atoms with Crippen molar-refractivity contribution < 1.29 is 16.8 Å². The molecule has 4 aromatic carbocycles. The third kappa shape index (κ3) is 8.98. The molecule has 0 fully saturated rings. The van der Waals surface area contributed by atoms with Crippen LogP contribution in [0.25, 0.3) is 0 Å². The second-order valence-electron chi connectivity index (χ2n) is 15.4. The maximum absolute atomic E-state index is 14.4. The lowest BCUT2D eigenvalue weighted by Gasteiger charge is -2.24. The van der Waals surface area contributed by atoms with Crippen molar-refractivity contribution >= 4 is 42.8 Å². The lowest BCUT2D eigenvalue weighted by Crippen LogP contribution is -2.20. The normalized spacial score (nSPS) is 12.5. The fourth-order valence-electron chi connectivity index (χ4n) is 6.30. The van der Waals surface area contributed by atoms with Crippen LogP contribution in [-0.4, -0.2) is 16.8 Å². The fraction of sp³-hybridized carbons (Fsp3) is 0.429. The van der Waals surface area contributed by atoms with Crippen molar-refractivity contribution in [2.75, 3.05) is 14.8 Å². The molecule has 9 heteroatoms. The Bertz CT molecular complexity index is 1870. The van der Waals surface area contributed by atoms with E-state index in [1.54, 1.807) is 36.4 Å². The van der Waals surface area contributed by atoms with Gasteiger partial charge in [-0.25, -0.2) is 16.8 Å². The second-order valence-corrected chi connectivity index (χ2v) is 18.7. The molecule has 0 aromatic heterocycles. The van der Waals surface area contributed by atoms with Gasteiger partial charge in [-0.3, -0.25) is 9.44 Å². The largest absolute Gasteiger partial charge is 0.352 e. The van der Waals surface area contributed by atoms with Gasteiger partial charge in [0.1, 0.15) is 0 Å². The Morgan fingerprint density at radius 3 is 0.882 bits per heavy atom. The van der Waals surface area contributed by atoms with Crippen molar-refractivity contribution in [2.45, 2.75) is 128 Å². The Kier molecular flexibility index (Phi) is 12.4. The van der Waals surface area contributed by atoms with Gasteiger partial charge in [0.15, 0.2) is 0 Å². The van der Waals surface area contributed by atoms with Crippen LogP contribution in [0.15, 0.2) is 82.6 Å². The number of rotatable bonds is 14. The van der Waals surface area contributed by atoms with E-state index in [1.165, 1.54) is 0 Å². The van der Waals surface area contributed by atoms with Crippen molar-refractivity contribution in [1.29, 1.82) is 0 Å². The van der Waals surface area contributed by atoms with E-state index in [9.17, 15) is 16.8 Å². The lowest BCUT2D eigenvalue weighted by molar-refractivity contribution is 0.594. The van der Waals surface area contributed by atoms with E-state index in [0.29, 0.717) is 32.5 Å². The summed E-state index contributed by atoms with van der Waals surface area (Å²) >= 11 is 0. The van der Waals surface area contributed by atoms with Gasteiger partial charge in [0.25, 0.3) is 20.0 Å². The molecule has 0 heterocycles. The van der Waals surface area contributed by atoms with Crippen LogP contribution in [0.4, 0.5) is 22.7 Å². The summed E-state index contributed by atoms with van der Waals surface area (Å²) in [4.78, 5) is 0.621. The topological polar surface area (TPSA) is 104 Å². The van der Waals surface area contributed by atoms with Crippen LogP contribution < -0.4 is 14.8 Å². The lowest BCUT2D eigenvalue weighted by atomic mass is 9.89. The van der Waals surface area contributed by atoms with Gasteiger partial charge in [-0.1, -0.05) is 132 Å². The Hall–Kier alpha value is -3.82. The second kappa shape index (κ2) is 15.8. The minimum absolute atomic E-state index is 0.0185. The minimum atomic E-state index is -4.03. The van der Waals surface area contributed by atoms with Crippen molar-refractivity contribution in [1.82, 2.24) is 0 Å². The molecule has 0 spiro atoms. The summed E-state index contributed by atoms with van der Waals surface area (Å²) in [6, 6.07) is 22.2. The van der Waals surface area contributed by atoms with Gasteiger partial charge < -0.3 is 5.32 Å². The van der Waals surface area contributed by atoms with Gasteiger partial charge in [-0.05, 0) is 93.2 Å². The fourth-order valence-corrected chi connectivity index (χ4v) is 9.86. The number of hydrogen-bond acceptors (Lipinski definition) is 5. The Morgan fingerprint density at radius 1 is 0.392 bits per heavy atom. The first-order chi connectivity index (χ1) is 23.7. The molecular weight excluding hydrogens is 675 g/mol. The number of anilines is 4. The van der Waals surface area contributed by atoms with Crippen LogP contribution >= 0.6 is 0 Å². The SMILES string of the molecule is CC(C)c1cc(C(C)C)c(S(=O)(=O)Nc2ccccc2Nc2ccccc2NS(=O)(=O)c2c(C(C)C)cc(C(C)C)cc2C(C)C)c(C(C)C)c1. The highest BCUT2D eigenvalue weighted by atomic mass is 32.2. The van der Waals surface area contributed by atoms with Crippen LogP contribution in [0.1, 0.15) is 152 Å². The molecule has 276 valence electrons. The Labute approximate surface area is 307 Å². The molecule has 0 radical (unpaired) electrons. The number of nitrogens with one attached hydrogen (secondary N) is 3. The van der Waals surface area contributed by atoms with E-state index in [2.05, 4.69) is 42.5 Å². The first kappa shape index (κ1) is 40.0.